The van der Waals surface area contributed by atoms with E-state index in [0.29, 0.717) is 53.6 Å². The highest BCUT2D eigenvalue weighted by Crippen LogP contribution is 2.40. The van der Waals surface area contributed by atoms with Crippen molar-refractivity contribution in [3.05, 3.63) is 105 Å². The molecule has 0 amide bonds. The number of carbonyl (C=O) groups excluding carboxylic acids is 1. The van der Waals surface area contributed by atoms with Gasteiger partial charge in [0.2, 0.25) is 0 Å². The Morgan fingerprint density at radius 2 is 1.86 bits per heavy atom. The predicted octanol–water partition coefficient (Wildman–Crippen LogP) is 4.75. The lowest BCUT2D eigenvalue weighted by molar-refractivity contribution is -0.384. The fourth-order valence-corrected chi connectivity index (χ4v) is 6.19. The van der Waals surface area contributed by atoms with Crippen LogP contribution >= 0.6 is 27.3 Å². The average Bonchev–Trinajstić information content (AvgIpc) is 3.56. The van der Waals surface area contributed by atoms with Gasteiger partial charge in [-0.2, -0.15) is 0 Å². The maximum absolute atomic E-state index is 13.9. The van der Waals surface area contributed by atoms with Crippen molar-refractivity contribution in [3.63, 3.8) is 0 Å². The molecule has 2 aromatic carbocycles. The van der Waals surface area contributed by atoms with Gasteiger partial charge in [-0.3, -0.25) is 19.5 Å². The van der Waals surface area contributed by atoms with Crippen LogP contribution in [0, 0.1) is 10.1 Å². The Morgan fingerprint density at radius 3 is 2.50 bits per heavy atom. The van der Waals surface area contributed by atoms with Crippen LogP contribution in [0.15, 0.2) is 78.5 Å². The number of esters is 1. The van der Waals surface area contributed by atoms with Gasteiger partial charge in [-0.15, -0.1) is 0 Å². The van der Waals surface area contributed by atoms with Crippen LogP contribution in [-0.2, 0) is 9.53 Å². The molecule has 0 spiro atoms. The molecule has 1 aliphatic heterocycles. The third-order valence-corrected chi connectivity index (χ3v) is 8.25. The van der Waals surface area contributed by atoms with E-state index in [2.05, 4.69) is 20.9 Å². The van der Waals surface area contributed by atoms with Crippen LogP contribution < -0.4 is 24.4 Å². The van der Waals surface area contributed by atoms with Crippen molar-refractivity contribution < 1.29 is 28.3 Å². The summed E-state index contributed by atoms with van der Waals surface area (Å²) in [6.07, 6.45) is 1.60. The van der Waals surface area contributed by atoms with Crippen LogP contribution in [0.2, 0.25) is 0 Å². The van der Waals surface area contributed by atoms with Crippen LogP contribution in [0.5, 0.6) is 11.5 Å². The van der Waals surface area contributed by atoms with E-state index in [4.69, 9.17) is 18.6 Å². The second kappa shape index (κ2) is 11.8. The highest BCUT2D eigenvalue weighted by Gasteiger charge is 2.35. The third-order valence-electron chi connectivity index (χ3n) is 6.58. The fraction of sp³-hybridized carbons (Fsp3) is 0.207. The van der Waals surface area contributed by atoms with Gasteiger partial charge in [0.15, 0.2) is 16.3 Å². The molecular weight excluding hydrogens is 630 g/mol. The summed E-state index contributed by atoms with van der Waals surface area (Å²) in [5.41, 5.74) is 1.47. The molecule has 0 saturated carbocycles. The summed E-state index contributed by atoms with van der Waals surface area (Å²) in [5.74, 6) is 1.19. The van der Waals surface area contributed by atoms with Crippen molar-refractivity contribution in [1.82, 2.24) is 4.57 Å². The molecule has 1 atom stereocenters. The minimum atomic E-state index is -0.871. The van der Waals surface area contributed by atoms with Gasteiger partial charge >= 0.3 is 5.97 Å². The molecule has 4 aromatic rings. The third kappa shape index (κ3) is 5.28. The van der Waals surface area contributed by atoms with Gasteiger partial charge in [-0.05, 0) is 55.8 Å². The zero-order valence-corrected chi connectivity index (χ0v) is 25.3. The molecule has 2 aromatic heterocycles. The van der Waals surface area contributed by atoms with Crippen molar-refractivity contribution in [2.75, 3.05) is 20.8 Å². The Labute approximate surface area is 251 Å². The fourth-order valence-electron chi connectivity index (χ4n) is 4.63. The lowest BCUT2D eigenvalue weighted by Crippen LogP contribution is -2.40. The smallest absolute Gasteiger partial charge is 0.338 e. The molecule has 0 radical (unpaired) electrons. The Bertz CT molecular complexity index is 1920. The normalized spacial score (nSPS) is 14.8. The number of benzene rings is 2. The molecule has 0 aliphatic carbocycles. The van der Waals surface area contributed by atoms with E-state index in [9.17, 15) is 19.7 Å². The van der Waals surface area contributed by atoms with Gasteiger partial charge in [0.05, 0.1) is 47.6 Å². The number of nitro benzene ring substituents is 1. The quantitative estimate of drug-likeness (QED) is 0.151. The number of furan rings is 1. The van der Waals surface area contributed by atoms with Crippen LogP contribution in [0.3, 0.4) is 0 Å². The van der Waals surface area contributed by atoms with E-state index in [0.717, 1.165) is 11.3 Å². The number of carbonyl (C=O) groups is 1. The molecule has 0 fully saturated rings. The lowest BCUT2D eigenvalue weighted by atomic mass is 9.95. The summed E-state index contributed by atoms with van der Waals surface area (Å²) in [7, 11) is 3.02. The average molecular weight is 654 g/mol. The van der Waals surface area contributed by atoms with Crippen LogP contribution in [-0.4, -0.2) is 36.3 Å². The summed E-state index contributed by atoms with van der Waals surface area (Å²) in [5, 5.41) is 11.0. The zero-order valence-electron chi connectivity index (χ0n) is 22.9. The number of methoxy groups -OCH3 is 2. The molecule has 42 heavy (non-hydrogen) atoms. The molecular formula is C29H24BrN3O8S. The summed E-state index contributed by atoms with van der Waals surface area (Å²) in [6.45, 7) is 3.56. The van der Waals surface area contributed by atoms with E-state index >= 15 is 0 Å². The van der Waals surface area contributed by atoms with Crippen LogP contribution in [0.1, 0.15) is 31.2 Å². The molecule has 13 heteroatoms. The van der Waals surface area contributed by atoms with Gasteiger partial charge in [-0.25, -0.2) is 9.79 Å². The van der Waals surface area contributed by atoms with Gasteiger partial charge < -0.3 is 18.6 Å². The molecule has 0 saturated heterocycles. The van der Waals surface area contributed by atoms with Gasteiger partial charge in [0.25, 0.3) is 11.2 Å². The first-order valence-corrected chi connectivity index (χ1v) is 14.2. The molecule has 3 heterocycles. The Hall–Kier alpha value is -4.49. The number of hydrogen-bond acceptors (Lipinski definition) is 10. The number of hydrogen-bond donors (Lipinski definition) is 0. The lowest BCUT2D eigenvalue weighted by Gasteiger charge is -2.26. The highest BCUT2D eigenvalue weighted by molar-refractivity contribution is 9.10. The summed E-state index contributed by atoms with van der Waals surface area (Å²) >= 11 is 4.74. The maximum atomic E-state index is 13.9. The molecule has 0 bridgehead atoms. The SMILES string of the molecule is CCOC(=O)C1=C(C)N=c2s/c(=C\c3ccc(-c4ccc([N+](=O)[O-])cc4)o3)c(=O)n2[C@@H]1c1cc(OC)c(OC)cc1Br. The number of non-ortho nitro benzene ring substituents is 1. The summed E-state index contributed by atoms with van der Waals surface area (Å²) < 4.78 is 24.6. The van der Waals surface area contributed by atoms with Crippen molar-refractivity contribution in [2.24, 2.45) is 4.99 Å². The zero-order chi connectivity index (χ0) is 30.1. The van der Waals surface area contributed by atoms with E-state index in [-0.39, 0.29) is 23.4 Å². The molecule has 0 unspecified atom stereocenters. The first-order chi connectivity index (χ1) is 20.2. The van der Waals surface area contributed by atoms with Gasteiger partial charge in [-0.1, -0.05) is 27.3 Å². The molecule has 0 N–H and O–H groups in total. The summed E-state index contributed by atoms with van der Waals surface area (Å²) in [6, 6.07) is 11.9. The number of aromatic nitrogens is 1. The number of rotatable bonds is 8. The first kappa shape index (κ1) is 29.0. The molecule has 1 aliphatic rings. The van der Waals surface area contributed by atoms with E-state index in [1.165, 1.54) is 30.9 Å². The first-order valence-electron chi connectivity index (χ1n) is 12.6. The second-order valence-electron chi connectivity index (χ2n) is 9.04. The predicted molar refractivity (Wildman–Crippen MR) is 158 cm³/mol. The number of thiazole rings is 1. The highest BCUT2D eigenvalue weighted by atomic mass is 79.9. The van der Waals surface area contributed by atoms with E-state index in [1.807, 2.05) is 0 Å². The summed E-state index contributed by atoms with van der Waals surface area (Å²) in [4.78, 5) is 42.6. The van der Waals surface area contributed by atoms with Crippen molar-refractivity contribution in [3.8, 4) is 22.8 Å². The maximum Gasteiger partial charge on any atom is 0.338 e. The number of nitrogens with zero attached hydrogens (tertiary/aromatic N) is 3. The van der Waals surface area contributed by atoms with Crippen LogP contribution in [0.25, 0.3) is 17.4 Å². The number of allylic oxidation sites excluding steroid dienone is 1. The van der Waals surface area contributed by atoms with E-state index < -0.39 is 16.9 Å². The number of fused-ring (bicyclic) bond motifs is 1. The Morgan fingerprint density at radius 1 is 1.17 bits per heavy atom. The Balaban J connectivity index is 1.65. The second-order valence-corrected chi connectivity index (χ2v) is 10.9. The number of ether oxygens (including phenoxy) is 3. The minimum Gasteiger partial charge on any atom is -0.493 e. The van der Waals surface area contributed by atoms with Crippen molar-refractivity contribution in [2.45, 2.75) is 19.9 Å². The van der Waals surface area contributed by atoms with Gasteiger partial charge in [0.1, 0.15) is 11.5 Å². The van der Waals surface area contributed by atoms with Crippen molar-refractivity contribution >= 4 is 45.0 Å². The van der Waals surface area contributed by atoms with Crippen molar-refractivity contribution in [1.29, 1.82) is 0 Å². The number of halogens is 1. The van der Waals surface area contributed by atoms with Gasteiger partial charge in [0, 0.05) is 28.2 Å². The standard InChI is InChI=1S/C29H24BrN3O8S/c1-5-40-28(35)25-15(2)31-29-32(26(25)19-13-22(38-3)23(39-4)14-20(19)30)27(34)24(42-29)12-18-10-11-21(41-18)16-6-8-17(9-7-16)33(36)37/h6-14,26H,5H2,1-4H3/b24-12-/t26-/m1/s1. The van der Waals surface area contributed by atoms with E-state index in [1.54, 1.807) is 56.3 Å². The topological polar surface area (TPSA) is 135 Å². The van der Waals surface area contributed by atoms with Crippen LogP contribution in [0.4, 0.5) is 5.69 Å². The molecule has 11 nitrogen and oxygen atoms in total. The molecule has 5 rings (SSSR count). The molecule has 216 valence electrons. The Kier molecular flexibility index (Phi) is 8.14. The minimum absolute atomic E-state index is 0.0280. The monoisotopic (exact) mass is 653 g/mol. The largest absolute Gasteiger partial charge is 0.493 e. The number of nitro groups is 1.